The molecule has 0 radical (unpaired) electrons. The number of carbonyl (C=O) groups excluding carboxylic acids is 1. The number of nitrogens with two attached hydrogens (primary N) is 1. The van der Waals surface area contributed by atoms with Crippen molar-refractivity contribution >= 4 is 17.5 Å². The van der Waals surface area contributed by atoms with E-state index in [4.69, 9.17) is 5.84 Å². The monoisotopic (exact) mass is 238 g/mol. The third kappa shape index (κ3) is 4.23. The smallest absolute Gasteiger partial charge is 0.242 e. The molecule has 0 saturated heterocycles. The lowest BCUT2D eigenvalue weighted by Crippen LogP contribution is -2.41. The summed E-state index contributed by atoms with van der Waals surface area (Å²) in [6.45, 7) is 5.58. The summed E-state index contributed by atoms with van der Waals surface area (Å²) in [5.74, 6) is 6.17. The molecular formula is C10H18N6O. The first-order chi connectivity index (χ1) is 8.02. The van der Waals surface area contributed by atoms with Crippen LogP contribution in [0.2, 0.25) is 0 Å². The van der Waals surface area contributed by atoms with E-state index in [1.54, 1.807) is 13.0 Å². The fraction of sp³-hybridized carbons (Fsp3) is 0.500. The second kappa shape index (κ2) is 6.00. The molecule has 0 saturated carbocycles. The molecule has 1 aromatic heterocycles. The van der Waals surface area contributed by atoms with Gasteiger partial charge in [0.25, 0.3) is 0 Å². The Kier molecular flexibility index (Phi) is 4.65. The van der Waals surface area contributed by atoms with Crippen molar-refractivity contribution in [2.24, 2.45) is 5.84 Å². The summed E-state index contributed by atoms with van der Waals surface area (Å²) < 4.78 is 0. The third-order valence-electron chi connectivity index (χ3n) is 2.00. The molecule has 7 nitrogen and oxygen atoms in total. The van der Waals surface area contributed by atoms with Crippen LogP contribution in [-0.4, -0.2) is 28.0 Å². The first-order valence-electron chi connectivity index (χ1n) is 5.38. The van der Waals surface area contributed by atoms with Gasteiger partial charge < -0.3 is 16.1 Å². The molecule has 1 heterocycles. The topological polar surface area (TPSA) is 105 Å². The van der Waals surface area contributed by atoms with E-state index in [0.717, 1.165) is 0 Å². The van der Waals surface area contributed by atoms with Crippen LogP contribution in [0.25, 0.3) is 0 Å². The second-order valence-electron chi connectivity index (χ2n) is 3.96. The minimum absolute atomic E-state index is 0.0825. The highest BCUT2D eigenvalue weighted by Crippen LogP contribution is 2.08. The van der Waals surface area contributed by atoms with Crippen LogP contribution < -0.4 is 21.9 Å². The van der Waals surface area contributed by atoms with Crippen molar-refractivity contribution in [1.29, 1.82) is 0 Å². The molecule has 0 aliphatic heterocycles. The first kappa shape index (κ1) is 13.2. The van der Waals surface area contributed by atoms with Gasteiger partial charge >= 0.3 is 0 Å². The Hall–Kier alpha value is -1.89. The van der Waals surface area contributed by atoms with E-state index in [1.807, 2.05) is 13.8 Å². The maximum atomic E-state index is 11.7. The molecule has 0 bridgehead atoms. The molecule has 0 aliphatic carbocycles. The molecular weight excluding hydrogens is 220 g/mol. The van der Waals surface area contributed by atoms with E-state index in [-0.39, 0.29) is 18.0 Å². The average Bonchev–Trinajstić information content (AvgIpc) is 2.28. The molecule has 0 fully saturated rings. The third-order valence-corrected chi connectivity index (χ3v) is 2.00. The average molecular weight is 238 g/mol. The van der Waals surface area contributed by atoms with Crippen LogP contribution in [-0.2, 0) is 4.79 Å². The van der Waals surface area contributed by atoms with Crippen molar-refractivity contribution in [3.63, 3.8) is 0 Å². The number of amides is 1. The molecule has 1 aromatic rings. The maximum Gasteiger partial charge on any atom is 0.242 e. The van der Waals surface area contributed by atoms with Crippen molar-refractivity contribution in [3.05, 3.63) is 12.4 Å². The quantitative estimate of drug-likeness (QED) is 0.428. The predicted molar refractivity (Wildman–Crippen MR) is 66.2 cm³/mol. The summed E-state index contributed by atoms with van der Waals surface area (Å²) in [6.07, 6.45) is 1.37. The van der Waals surface area contributed by atoms with E-state index in [0.29, 0.717) is 11.6 Å². The first-order valence-corrected chi connectivity index (χ1v) is 5.38. The van der Waals surface area contributed by atoms with Gasteiger partial charge in [0.2, 0.25) is 5.91 Å². The molecule has 0 spiro atoms. The Labute approximate surface area is 100 Å². The molecule has 5 N–H and O–H groups in total. The standard InChI is InChI=1S/C10H18N6O/c1-6(2)14-10(17)7(3)15-8-4-9(16-11)13-5-12-8/h4-7H,11H2,1-3H3,(H,14,17)(H2,12,13,15,16). The summed E-state index contributed by atoms with van der Waals surface area (Å²) in [6, 6.07) is 1.36. The number of rotatable bonds is 5. The van der Waals surface area contributed by atoms with Gasteiger partial charge in [0.1, 0.15) is 24.0 Å². The van der Waals surface area contributed by atoms with Crippen LogP contribution in [0.3, 0.4) is 0 Å². The van der Waals surface area contributed by atoms with Crippen molar-refractivity contribution < 1.29 is 4.79 Å². The minimum Gasteiger partial charge on any atom is -0.358 e. The lowest BCUT2D eigenvalue weighted by Gasteiger charge is -2.16. The summed E-state index contributed by atoms with van der Waals surface area (Å²) in [4.78, 5) is 19.5. The van der Waals surface area contributed by atoms with Gasteiger partial charge in [-0.05, 0) is 20.8 Å². The van der Waals surface area contributed by atoms with Gasteiger partial charge in [-0.3, -0.25) is 4.79 Å². The number of hydrogen-bond acceptors (Lipinski definition) is 6. The summed E-state index contributed by atoms with van der Waals surface area (Å²) in [5, 5.41) is 5.77. The van der Waals surface area contributed by atoms with Gasteiger partial charge in [-0.15, -0.1) is 0 Å². The SMILES string of the molecule is CC(C)NC(=O)C(C)Nc1cc(NN)ncn1. The lowest BCUT2D eigenvalue weighted by atomic mass is 10.3. The molecule has 1 amide bonds. The molecule has 0 aromatic carbocycles. The number of nitrogen functional groups attached to an aromatic ring is 1. The lowest BCUT2D eigenvalue weighted by molar-refractivity contribution is -0.122. The normalized spacial score (nSPS) is 12.1. The van der Waals surface area contributed by atoms with Crippen LogP contribution in [0.1, 0.15) is 20.8 Å². The van der Waals surface area contributed by atoms with Gasteiger partial charge in [-0.25, -0.2) is 15.8 Å². The second-order valence-corrected chi connectivity index (χ2v) is 3.96. The zero-order valence-corrected chi connectivity index (χ0v) is 10.2. The van der Waals surface area contributed by atoms with Crippen molar-refractivity contribution in [2.75, 3.05) is 10.7 Å². The Morgan fingerprint density at radius 2 is 1.94 bits per heavy atom. The van der Waals surface area contributed by atoms with Crippen LogP contribution in [0.5, 0.6) is 0 Å². The van der Waals surface area contributed by atoms with Crippen molar-refractivity contribution in [2.45, 2.75) is 32.9 Å². The highest BCUT2D eigenvalue weighted by atomic mass is 16.2. The van der Waals surface area contributed by atoms with Gasteiger partial charge in [0.15, 0.2) is 0 Å². The molecule has 1 rings (SSSR count). The van der Waals surface area contributed by atoms with E-state index in [9.17, 15) is 4.79 Å². The van der Waals surface area contributed by atoms with Crippen molar-refractivity contribution in [1.82, 2.24) is 15.3 Å². The largest absolute Gasteiger partial charge is 0.358 e. The van der Waals surface area contributed by atoms with Gasteiger partial charge in [0.05, 0.1) is 0 Å². The van der Waals surface area contributed by atoms with Crippen LogP contribution in [0, 0.1) is 0 Å². The number of nitrogens with one attached hydrogen (secondary N) is 3. The minimum atomic E-state index is -0.377. The van der Waals surface area contributed by atoms with E-state index in [1.165, 1.54) is 6.33 Å². The zero-order valence-electron chi connectivity index (χ0n) is 10.2. The maximum absolute atomic E-state index is 11.7. The number of nitrogens with zero attached hydrogens (tertiary/aromatic N) is 2. The Morgan fingerprint density at radius 3 is 2.53 bits per heavy atom. The van der Waals surface area contributed by atoms with Gasteiger partial charge in [-0.1, -0.05) is 0 Å². The van der Waals surface area contributed by atoms with Crippen LogP contribution in [0.4, 0.5) is 11.6 Å². The van der Waals surface area contributed by atoms with Gasteiger partial charge in [0, 0.05) is 12.1 Å². The van der Waals surface area contributed by atoms with Crippen LogP contribution >= 0.6 is 0 Å². The van der Waals surface area contributed by atoms with Gasteiger partial charge in [-0.2, -0.15) is 0 Å². The van der Waals surface area contributed by atoms with E-state index >= 15 is 0 Å². The predicted octanol–water partition coefficient (Wildman–Crippen LogP) is 0.0872. The highest BCUT2D eigenvalue weighted by Gasteiger charge is 2.13. The Morgan fingerprint density at radius 1 is 1.29 bits per heavy atom. The Balaban J connectivity index is 2.60. The number of hydrogen-bond donors (Lipinski definition) is 4. The number of carbonyl (C=O) groups is 1. The molecule has 1 unspecified atom stereocenters. The fourth-order valence-electron chi connectivity index (χ4n) is 1.21. The molecule has 94 valence electrons. The molecule has 0 aliphatic rings. The Bertz CT molecular complexity index is 381. The zero-order chi connectivity index (χ0) is 12.8. The summed E-state index contributed by atoms with van der Waals surface area (Å²) in [7, 11) is 0. The number of aromatic nitrogens is 2. The summed E-state index contributed by atoms with van der Waals surface area (Å²) >= 11 is 0. The number of anilines is 2. The molecule has 17 heavy (non-hydrogen) atoms. The van der Waals surface area contributed by atoms with E-state index in [2.05, 4.69) is 26.0 Å². The fourth-order valence-corrected chi connectivity index (χ4v) is 1.21. The van der Waals surface area contributed by atoms with Crippen molar-refractivity contribution in [3.8, 4) is 0 Å². The summed E-state index contributed by atoms with van der Waals surface area (Å²) in [5.41, 5.74) is 2.41. The number of hydrazine groups is 1. The van der Waals surface area contributed by atoms with E-state index < -0.39 is 0 Å². The molecule has 1 atom stereocenters. The molecule has 7 heteroatoms. The van der Waals surface area contributed by atoms with Crippen LogP contribution in [0.15, 0.2) is 12.4 Å². The highest BCUT2D eigenvalue weighted by molar-refractivity contribution is 5.84.